The van der Waals surface area contributed by atoms with Crippen LogP contribution in [-0.4, -0.2) is 46.9 Å². The van der Waals surface area contributed by atoms with Crippen molar-refractivity contribution in [3.63, 3.8) is 0 Å². The Bertz CT molecular complexity index is 999. The summed E-state index contributed by atoms with van der Waals surface area (Å²) in [7, 11) is 1.16. The van der Waals surface area contributed by atoms with Crippen LogP contribution in [0, 0.1) is 0 Å². The van der Waals surface area contributed by atoms with Gasteiger partial charge in [-0.1, -0.05) is 30.3 Å². The summed E-state index contributed by atoms with van der Waals surface area (Å²) in [6.45, 7) is 5.04. The maximum absolute atomic E-state index is 12.2. The lowest BCUT2D eigenvalue weighted by molar-refractivity contribution is -0.143. The van der Waals surface area contributed by atoms with Crippen LogP contribution >= 0.6 is 0 Å². The van der Waals surface area contributed by atoms with E-state index in [1.54, 1.807) is 45.0 Å². The third kappa shape index (κ3) is 8.09. The first-order valence-corrected chi connectivity index (χ1v) is 9.71. The lowest BCUT2D eigenvalue weighted by atomic mass is 10.1. The Morgan fingerprint density at radius 2 is 1.81 bits per heavy atom. The van der Waals surface area contributed by atoms with E-state index in [0.717, 1.165) is 12.7 Å². The fourth-order valence-electron chi connectivity index (χ4n) is 2.55. The molecule has 32 heavy (non-hydrogen) atoms. The molecule has 1 aromatic carbocycles. The van der Waals surface area contributed by atoms with E-state index in [-0.39, 0.29) is 24.4 Å². The van der Waals surface area contributed by atoms with E-state index >= 15 is 0 Å². The van der Waals surface area contributed by atoms with Crippen LogP contribution in [0.2, 0.25) is 0 Å². The highest BCUT2D eigenvalue weighted by atomic mass is 16.6. The van der Waals surface area contributed by atoms with Gasteiger partial charge in [0.15, 0.2) is 0 Å². The van der Waals surface area contributed by atoms with Crippen molar-refractivity contribution in [2.75, 3.05) is 12.4 Å². The monoisotopic (exact) mass is 446 g/mol. The minimum Gasteiger partial charge on any atom is -0.467 e. The number of H-pyrrole nitrogens is 1. The van der Waals surface area contributed by atoms with Gasteiger partial charge in [-0.3, -0.25) is 5.32 Å². The molecule has 11 heteroatoms. The molecule has 0 fully saturated rings. The number of carbonyl (C=O) groups is 3. The Balaban J connectivity index is 2.13. The second-order valence-corrected chi connectivity index (χ2v) is 7.69. The Labute approximate surface area is 184 Å². The van der Waals surface area contributed by atoms with Gasteiger partial charge in [-0.15, -0.1) is 0 Å². The smallest absolute Gasteiger partial charge is 0.413 e. The SMILES string of the molecule is COC(=O)C(Cc1c[nH]c(=O)nc1NC(=O)OCc1ccccc1)NC(=O)OC(C)(C)C. The Morgan fingerprint density at radius 1 is 1.12 bits per heavy atom. The molecule has 11 nitrogen and oxygen atoms in total. The summed E-state index contributed by atoms with van der Waals surface area (Å²) in [5, 5.41) is 4.80. The van der Waals surface area contributed by atoms with E-state index in [1.165, 1.54) is 6.20 Å². The highest BCUT2D eigenvalue weighted by molar-refractivity contribution is 5.85. The minimum atomic E-state index is -1.16. The molecule has 0 saturated heterocycles. The van der Waals surface area contributed by atoms with Gasteiger partial charge in [0.2, 0.25) is 0 Å². The van der Waals surface area contributed by atoms with Gasteiger partial charge in [-0.05, 0) is 26.3 Å². The van der Waals surface area contributed by atoms with Crippen LogP contribution in [0.3, 0.4) is 0 Å². The molecule has 2 amide bonds. The molecule has 0 bridgehead atoms. The summed E-state index contributed by atoms with van der Waals surface area (Å²) < 4.78 is 15.0. The molecule has 0 aliphatic rings. The van der Waals surface area contributed by atoms with Gasteiger partial charge in [0, 0.05) is 18.2 Å². The van der Waals surface area contributed by atoms with Gasteiger partial charge in [0.05, 0.1) is 7.11 Å². The second-order valence-electron chi connectivity index (χ2n) is 7.69. The van der Waals surface area contributed by atoms with E-state index in [2.05, 4.69) is 20.6 Å². The number of esters is 1. The molecule has 0 aliphatic carbocycles. The molecule has 0 saturated carbocycles. The van der Waals surface area contributed by atoms with Crippen LogP contribution in [0.4, 0.5) is 15.4 Å². The first-order valence-electron chi connectivity index (χ1n) is 9.71. The van der Waals surface area contributed by atoms with Crippen molar-refractivity contribution in [1.29, 1.82) is 0 Å². The van der Waals surface area contributed by atoms with Crippen LogP contribution in [0.25, 0.3) is 0 Å². The fraction of sp³-hybridized carbons (Fsp3) is 0.381. The fourth-order valence-corrected chi connectivity index (χ4v) is 2.55. The van der Waals surface area contributed by atoms with Crippen LogP contribution < -0.4 is 16.3 Å². The number of alkyl carbamates (subject to hydrolysis) is 1. The lowest BCUT2D eigenvalue weighted by Gasteiger charge is -2.23. The highest BCUT2D eigenvalue weighted by Gasteiger charge is 2.27. The molecular formula is C21H26N4O7. The standard InChI is InChI=1S/C21H26N4O7/c1-21(2,3)32-20(29)23-15(17(26)30-4)10-14-11-22-18(27)24-16(14)25-19(28)31-12-13-8-6-5-7-9-13/h5-9,11,15H,10,12H2,1-4H3,(H,23,29)(H2,22,24,25,27,28). The first kappa shape index (κ1) is 24.4. The number of rotatable bonds is 7. The third-order valence-electron chi connectivity index (χ3n) is 3.92. The lowest BCUT2D eigenvalue weighted by Crippen LogP contribution is -2.45. The average molecular weight is 446 g/mol. The number of amides is 2. The van der Waals surface area contributed by atoms with Crippen molar-refractivity contribution >= 4 is 24.0 Å². The number of nitrogens with zero attached hydrogens (tertiary/aromatic N) is 1. The van der Waals surface area contributed by atoms with E-state index in [4.69, 9.17) is 14.2 Å². The van der Waals surface area contributed by atoms with Crippen molar-refractivity contribution in [3.8, 4) is 0 Å². The molecule has 0 spiro atoms. The summed E-state index contributed by atoms with van der Waals surface area (Å²) >= 11 is 0. The number of aromatic amines is 1. The molecular weight excluding hydrogens is 420 g/mol. The number of ether oxygens (including phenoxy) is 3. The summed E-state index contributed by atoms with van der Waals surface area (Å²) in [5.74, 6) is -0.869. The van der Waals surface area contributed by atoms with Gasteiger partial charge in [0.1, 0.15) is 24.1 Å². The van der Waals surface area contributed by atoms with Gasteiger partial charge >= 0.3 is 23.8 Å². The zero-order chi connectivity index (χ0) is 23.7. The molecule has 1 aromatic heterocycles. The number of hydrogen-bond donors (Lipinski definition) is 3. The molecule has 2 aromatic rings. The number of aromatic nitrogens is 2. The summed E-state index contributed by atoms with van der Waals surface area (Å²) in [4.78, 5) is 54.3. The molecule has 172 valence electrons. The maximum atomic E-state index is 12.2. The quantitative estimate of drug-likeness (QED) is 0.433. The zero-order valence-corrected chi connectivity index (χ0v) is 18.3. The largest absolute Gasteiger partial charge is 0.467 e. The molecule has 0 radical (unpaired) electrons. The number of nitrogens with one attached hydrogen (secondary N) is 3. The van der Waals surface area contributed by atoms with Crippen LogP contribution in [0.15, 0.2) is 41.3 Å². The Morgan fingerprint density at radius 3 is 2.44 bits per heavy atom. The number of benzene rings is 1. The van der Waals surface area contributed by atoms with Gasteiger partial charge in [-0.2, -0.15) is 4.98 Å². The number of anilines is 1. The van der Waals surface area contributed by atoms with Crippen molar-refractivity contribution < 1.29 is 28.6 Å². The van der Waals surface area contributed by atoms with Crippen LogP contribution in [0.1, 0.15) is 31.9 Å². The third-order valence-corrected chi connectivity index (χ3v) is 3.92. The van der Waals surface area contributed by atoms with Gasteiger partial charge in [-0.25, -0.2) is 19.2 Å². The molecule has 0 aliphatic heterocycles. The van der Waals surface area contributed by atoms with Crippen molar-refractivity contribution in [2.45, 2.75) is 45.4 Å². The zero-order valence-electron chi connectivity index (χ0n) is 18.3. The summed E-state index contributed by atoms with van der Waals surface area (Å²) in [6, 6.07) is 7.85. The predicted octanol–water partition coefficient (Wildman–Crippen LogP) is 2.13. The van der Waals surface area contributed by atoms with Crippen molar-refractivity contribution in [3.05, 3.63) is 58.1 Å². The van der Waals surface area contributed by atoms with E-state index in [1.807, 2.05) is 6.07 Å². The van der Waals surface area contributed by atoms with Crippen molar-refractivity contribution in [2.24, 2.45) is 0 Å². The molecule has 1 atom stereocenters. The predicted molar refractivity (Wildman–Crippen MR) is 114 cm³/mol. The van der Waals surface area contributed by atoms with Gasteiger partial charge in [0.25, 0.3) is 0 Å². The minimum absolute atomic E-state index is 0.0101. The first-order chi connectivity index (χ1) is 15.1. The molecule has 2 rings (SSSR count). The number of methoxy groups -OCH3 is 1. The highest BCUT2D eigenvalue weighted by Crippen LogP contribution is 2.14. The van der Waals surface area contributed by atoms with Crippen LogP contribution in [0.5, 0.6) is 0 Å². The normalized spacial score (nSPS) is 11.8. The Kier molecular flexibility index (Phi) is 8.33. The topological polar surface area (TPSA) is 149 Å². The molecule has 3 N–H and O–H groups in total. The summed E-state index contributed by atoms with van der Waals surface area (Å²) in [5.41, 5.74) is -0.469. The second kappa shape index (κ2) is 10.9. The van der Waals surface area contributed by atoms with E-state index in [0.29, 0.717) is 0 Å². The number of hydrogen-bond acceptors (Lipinski definition) is 8. The van der Waals surface area contributed by atoms with E-state index < -0.39 is 35.5 Å². The van der Waals surface area contributed by atoms with Crippen molar-refractivity contribution in [1.82, 2.24) is 15.3 Å². The molecule has 1 unspecified atom stereocenters. The molecule has 1 heterocycles. The average Bonchev–Trinajstić information content (AvgIpc) is 2.72. The Hall–Kier alpha value is -3.89. The maximum Gasteiger partial charge on any atom is 0.413 e. The van der Waals surface area contributed by atoms with Gasteiger partial charge < -0.3 is 24.5 Å². The van der Waals surface area contributed by atoms with E-state index in [9.17, 15) is 19.2 Å². The number of carbonyl (C=O) groups excluding carboxylic acids is 3. The summed E-state index contributed by atoms with van der Waals surface area (Å²) in [6.07, 6.45) is -0.552. The van der Waals surface area contributed by atoms with Crippen LogP contribution in [-0.2, 0) is 32.0 Å².